The van der Waals surface area contributed by atoms with E-state index in [-0.39, 0.29) is 35.4 Å². The van der Waals surface area contributed by atoms with Crippen LogP contribution in [0.2, 0.25) is 0 Å². The van der Waals surface area contributed by atoms with E-state index in [1.165, 1.54) is 0 Å². The van der Waals surface area contributed by atoms with Crippen molar-refractivity contribution in [1.82, 2.24) is 20.1 Å². The van der Waals surface area contributed by atoms with Crippen molar-refractivity contribution in [3.63, 3.8) is 0 Å². The van der Waals surface area contributed by atoms with Crippen LogP contribution in [0.5, 0.6) is 0 Å². The van der Waals surface area contributed by atoms with Crippen LogP contribution in [0.25, 0.3) is 0 Å². The van der Waals surface area contributed by atoms with Gasteiger partial charge < -0.3 is 20.1 Å². The summed E-state index contributed by atoms with van der Waals surface area (Å²) in [6, 6.07) is 18.5. The number of pyridine rings is 1. The maximum Gasteiger partial charge on any atom is 0.318 e. The van der Waals surface area contributed by atoms with Crippen LogP contribution in [0.1, 0.15) is 52.2 Å². The fraction of sp³-hybridized carbons (Fsp3) is 0.345. The Bertz CT molecular complexity index is 1350. The number of hydrogen-bond donors (Lipinski definition) is 2. The number of nitrogens with zero attached hydrogens (tertiary/aromatic N) is 2. The Hall–Kier alpha value is -3.23. The summed E-state index contributed by atoms with van der Waals surface area (Å²) < 4.78 is 2.37. The maximum absolute atomic E-state index is 13.6. The van der Waals surface area contributed by atoms with Gasteiger partial charge in [-0.3, -0.25) is 9.59 Å². The predicted molar refractivity (Wildman–Crippen MR) is 147 cm³/mol. The van der Waals surface area contributed by atoms with Gasteiger partial charge in [-0.2, -0.15) is 0 Å². The van der Waals surface area contributed by atoms with Gasteiger partial charge in [0.1, 0.15) is 0 Å². The van der Waals surface area contributed by atoms with Gasteiger partial charge in [0, 0.05) is 66.0 Å². The van der Waals surface area contributed by atoms with Crippen molar-refractivity contribution < 1.29 is 9.59 Å². The summed E-state index contributed by atoms with van der Waals surface area (Å²) in [6.07, 6.45) is 4.57. The first kappa shape index (κ1) is 25.4. The molecule has 1 aliphatic carbocycles. The van der Waals surface area contributed by atoms with E-state index in [1.807, 2.05) is 59.5 Å². The van der Waals surface area contributed by atoms with Crippen LogP contribution in [0.4, 0.5) is 4.79 Å². The van der Waals surface area contributed by atoms with Crippen molar-refractivity contribution >= 4 is 27.7 Å². The van der Waals surface area contributed by atoms with Gasteiger partial charge in [-0.15, -0.1) is 0 Å². The van der Waals surface area contributed by atoms with E-state index in [0.717, 1.165) is 41.4 Å². The molecule has 2 aliphatic rings. The summed E-state index contributed by atoms with van der Waals surface area (Å²) in [4.78, 5) is 40.7. The van der Waals surface area contributed by atoms with E-state index in [2.05, 4.69) is 26.6 Å². The smallest absolute Gasteiger partial charge is 0.318 e. The minimum atomic E-state index is -0.118. The lowest BCUT2D eigenvalue weighted by Crippen LogP contribution is -2.53. The van der Waals surface area contributed by atoms with Gasteiger partial charge in [0.25, 0.3) is 5.56 Å². The number of amides is 2. The first-order chi connectivity index (χ1) is 17.9. The molecule has 192 valence electrons. The molecule has 0 unspecified atom stereocenters. The van der Waals surface area contributed by atoms with E-state index in [4.69, 9.17) is 0 Å². The molecule has 7 nitrogen and oxygen atoms in total. The number of aromatic nitrogens is 1. The number of hydrogen-bond acceptors (Lipinski definition) is 4. The number of ketones is 1. The van der Waals surface area contributed by atoms with E-state index in [1.54, 1.807) is 23.9 Å². The van der Waals surface area contributed by atoms with Crippen molar-refractivity contribution in [2.45, 2.75) is 43.8 Å². The van der Waals surface area contributed by atoms with Gasteiger partial charge in [0.15, 0.2) is 5.78 Å². The first-order valence-electron chi connectivity index (χ1n) is 12.7. The maximum atomic E-state index is 13.6. The van der Waals surface area contributed by atoms with Crippen LogP contribution in [-0.4, -0.2) is 46.5 Å². The fourth-order valence-corrected chi connectivity index (χ4v) is 5.56. The summed E-state index contributed by atoms with van der Waals surface area (Å²) in [5.74, 6) is 0.0248. The number of carbonyl (C=O) groups is 2. The Morgan fingerprint density at radius 3 is 2.57 bits per heavy atom. The Labute approximate surface area is 225 Å². The topological polar surface area (TPSA) is 83.4 Å². The Morgan fingerprint density at radius 1 is 1.05 bits per heavy atom. The van der Waals surface area contributed by atoms with Crippen molar-refractivity contribution in [1.29, 1.82) is 0 Å². The molecule has 8 heteroatoms. The zero-order valence-electron chi connectivity index (χ0n) is 20.8. The lowest BCUT2D eigenvalue weighted by Gasteiger charge is -2.35. The number of halogens is 1. The summed E-state index contributed by atoms with van der Waals surface area (Å²) in [5.41, 5.74) is 3.05. The zero-order valence-corrected chi connectivity index (χ0v) is 22.4. The molecule has 2 amide bonds. The summed E-state index contributed by atoms with van der Waals surface area (Å²) >= 11 is 3.55. The second-order valence-electron chi connectivity index (χ2n) is 9.97. The molecule has 2 aromatic carbocycles. The molecule has 0 radical (unpaired) electrons. The summed E-state index contributed by atoms with van der Waals surface area (Å²) in [7, 11) is 1.74. The lowest BCUT2D eigenvalue weighted by atomic mass is 9.86. The number of carbonyl (C=O) groups excluding carboxylic acids is 2. The highest BCUT2D eigenvalue weighted by molar-refractivity contribution is 9.10. The first-order valence-corrected chi connectivity index (χ1v) is 13.5. The molecule has 0 spiro atoms. The molecule has 1 aromatic heterocycles. The molecule has 3 aromatic rings. The van der Waals surface area contributed by atoms with E-state index < -0.39 is 0 Å². The predicted octanol–water partition coefficient (Wildman–Crippen LogP) is 4.20. The molecule has 1 saturated heterocycles. The third-order valence-electron chi connectivity index (χ3n) is 7.20. The van der Waals surface area contributed by atoms with Crippen molar-refractivity contribution in [3.05, 3.63) is 104 Å². The van der Waals surface area contributed by atoms with Gasteiger partial charge >= 0.3 is 6.03 Å². The van der Waals surface area contributed by atoms with Gasteiger partial charge in [-0.25, -0.2) is 4.79 Å². The normalized spacial score (nSPS) is 19.3. The highest BCUT2D eigenvalue weighted by Crippen LogP contribution is 2.31. The molecule has 5 rings (SSSR count). The van der Waals surface area contributed by atoms with Crippen LogP contribution in [0, 0.1) is 0 Å². The molecule has 2 heterocycles. The number of benzene rings is 2. The quantitative estimate of drug-likeness (QED) is 0.423. The number of urea groups is 1. The van der Waals surface area contributed by atoms with Gasteiger partial charge in [-0.1, -0.05) is 46.3 Å². The minimum Gasteiger partial charge on any atom is -0.333 e. The third-order valence-corrected chi connectivity index (χ3v) is 7.66. The third kappa shape index (κ3) is 6.02. The highest BCUT2D eigenvalue weighted by Gasteiger charge is 2.35. The molecule has 2 fully saturated rings. The van der Waals surface area contributed by atoms with Crippen LogP contribution in [-0.2, 0) is 13.6 Å². The fourth-order valence-electron chi connectivity index (χ4n) is 5.02. The highest BCUT2D eigenvalue weighted by atomic mass is 79.9. The zero-order chi connectivity index (χ0) is 25.9. The van der Waals surface area contributed by atoms with Gasteiger partial charge in [-0.05, 0) is 61.2 Å². The van der Waals surface area contributed by atoms with Crippen LogP contribution >= 0.6 is 15.9 Å². The summed E-state index contributed by atoms with van der Waals surface area (Å²) in [6.45, 7) is 1.91. The average molecular weight is 563 g/mol. The standard InChI is InChI=1S/C29H31BrN4O3/c1-33-12-10-21(16-27(33)35)25-9-11-31-17-26(25)32-29(37)34(24-7-8-24)18-19-13-22(15-23(30)14-19)28(36)20-5-3-2-4-6-20/h2-6,10,12-16,24-26,31H,7-9,11,17-18H2,1H3,(H,32,37)/t25-,26+/m0/s1. The van der Waals surface area contributed by atoms with Crippen LogP contribution < -0.4 is 16.2 Å². The number of nitrogens with one attached hydrogen (secondary N) is 2. The van der Waals surface area contributed by atoms with Gasteiger partial charge in [0.05, 0.1) is 0 Å². The number of rotatable bonds is 7. The van der Waals surface area contributed by atoms with Crippen molar-refractivity contribution in [2.24, 2.45) is 7.05 Å². The van der Waals surface area contributed by atoms with E-state index in [9.17, 15) is 14.4 Å². The Kier molecular flexibility index (Phi) is 7.58. The molecular formula is C29H31BrN4O3. The van der Waals surface area contributed by atoms with Gasteiger partial charge in [0.2, 0.25) is 0 Å². The van der Waals surface area contributed by atoms with E-state index >= 15 is 0 Å². The molecule has 37 heavy (non-hydrogen) atoms. The summed E-state index contributed by atoms with van der Waals surface area (Å²) in [5, 5.41) is 6.64. The lowest BCUT2D eigenvalue weighted by molar-refractivity contribution is 0.103. The molecular weight excluding hydrogens is 532 g/mol. The number of aryl methyl sites for hydroxylation is 1. The SMILES string of the molecule is Cn1ccc([C@@H]2CCNC[C@H]2NC(=O)N(Cc2cc(Br)cc(C(=O)c3ccccc3)c2)C2CC2)cc1=O. The minimum absolute atomic E-state index is 0.0452. The molecule has 1 saturated carbocycles. The van der Waals surface area contributed by atoms with Crippen molar-refractivity contribution in [3.8, 4) is 0 Å². The molecule has 2 N–H and O–H groups in total. The molecule has 1 aliphatic heterocycles. The largest absolute Gasteiger partial charge is 0.333 e. The van der Waals surface area contributed by atoms with E-state index in [0.29, 0.717) is 24.2 Å². The van der Waals surface area contributed by atoms with Crippen LogP contribution in [0.3, 0.4) is 0 Å². The molecule has 0 bridgehead atoms. The second-order valence-corrected chi connectivity index (χ2v) is 10.9. The Morgan fingerprint density at radius 2 is 1.84 bits per heavy atom. The molecule has 2 atom stereocenters. The second kappa shape index (κ2) is 11.0. The monoisotopic (exact) mass is 562 g/mol. The Balaban J connectivity index is 1.34. The van der Waals surface area contributed by atoms with Crippen molar-refractivity contribution in [2.75, 3.05) is 13.1 Å². The van der Waals surface area contributed by atoms with Crippen LogP contribution in [0.15, 0.2) is 76.1 Å². The number of piperidine rings is 1. The average Bonchev–Trinajstić information content (AvgIpc) is 3.74.